The Kier molecular flexibility index (Phi) is 41.0. The number of anilines is 2. The molecule has 16 nitrogen and oxygen atoms in total. The summed E-state index contributed by atoms with van der Waals surface area (Å²) in [6, 6.07) is 27.3. The standard InChI is InChI=1S/C8H12N2.C8H11NO2.C8H11NO.C8H11N.2C7H8ClN.C7H10N2.C7H9NO.C7H9NS.C7H9N/c1-7-5-4-6-9-8(7)10(2)3;1-6-7(10-2)4-5-9-8(6)11-3;1-6-4-5-9-8(10-3)7(6)2;1-6-4-5-9-8(3)7(6)2;1-5-6(2)9-4-3-7(5)8;1-5-3-4-7(8)9-6(5)2;1-6-4-3-5-9-7(6)8-2;1-6-3-4-8-5-7(6)9-2;1-6-4-3-5-8-7(6)9-2;1-6-3-4-8-5-7(6)2/h4-6H,1-3H3;4-5H,1-3H3;4-5H,1-3H3;4-5H,1-3H3;2*3-4H,1-2H3;3-5H,1-2H3,(H,8,9);2*3-5H,1-2H3;3-5H,1-2H3. The molecule has 498 valence electrons. The van der Waals surface area contributed by atoms with Gasteiger partial charge in [0.05, 0.1) is 45.2 Å². The second kappa shape index (κ2) is 46.3. The molecule has 0 atom stereocenters. The van der Waals surface area contributed by atoms with Gasteiger partial charge in [0.15, 0.2) is 0 Å². The van der Waals surface area contributed by atoms with Gasteiger partial charge in [-0.1, -0.05) is 47.5 Å². The minimum Gasteiger partial charge on any atom is -0.496 e. The van der Waals surface area contributed by atoms with Gasteiger partial charge in [0.25, 0.3) is 0 Å². The van der Waals surface area contributed by atoms with E-state index in [1.807, 2.05) is 187 Å². The highest BCUT2D eigenvalue weighted by Gasteiger charge is 2.05. The lowest BCUT2D eigenvalue weighted by Gasteiger charge is -2.12. The van der Waals surface area contributed by atoms with Gasteiger partial charge in [-0.25, -0.2) is 29.9 Å². The van der Waals surface area contributed by atoms with Crippen molar-refractivity contribution < 1.29 is 18.9 Å². The van der Waals surface area contributed by atoms with Crippen molar-refractivity contribution in [1.82, 2.24) is 49.8 Å². The van der Waals surface area contributed by atoms with Crippen LogP contribution in [0.3, 0.4) is 0 Å². The molecule has 0 spiro atoms. The predicted molar refractivity (Wildman–Crippen MR) is 390 cm³/mol. The number of aromatic nitrogens is 10. The molecule has 10 rings (SSSR count). The van der Waals surface area contributed by atoms with Crippen LogP contribution in [0.2, 0.25) is 10.2 Å². The third-order valence-electron chi connectivity index (χ3n) is 13.9. The summed E-state index contributed by atoms with van der Waals surface area (Å²) in [6.45, 7) is 32.3. The smallest absolute Gasteiger partial charge is 0.219 e. The molecule has 0 fully saturated rings. The van der Waals surface area contributed by atoms with E-state index in [4.69, 9.17) is 42.1 Å². The average molecular weight is 1320 g/mol. The summed E-state index contributed by atoms with van der Waals surface area (Å²) in [5.74, 6) is 4.98. The van der Waals surface area contributed by atoms with Crippen molar-refractivity contribution in [1.29, 1.82) is 0 Å². The molecule has 0 amide bonds. The van der Waals surface area contributed by atoms with Crippen molar-refractivity contribution >= 4 is 46.6 Å². The highest BCUT2D eigenvalue weighted by atomic mass is 35.5. The molecule has 0 saturated heterocycles. The summed E-state index contributed by atoms with van der Waals surface area (Å²) in [7, 11) is 12.4. The normalized spacial score (nSPS) is 9.44. The first-order valence-electron chi connectivity index (χ1n) is 29.7. The van der Waals surface area contributed by atoms with Crippen molar-refractivity contribution in [3.05, 3.63) is 253 Å². The van der Waals surface area contributed by atoms with Gasteiger partial charge in [-0.15, -0.1) is 11.8 Å². The predicted octanol–water partition coefficient (Wildman–Crippen LogP) is 17.9. The summed E-state index contributed by atoms with van der Waals surface area (Å²) < 4.78 is 20.1. The third kappa shape index (κ3) is 31.9. The summed E-state index contributed by atoms with van der Waals surface area (Å²) in [4.78, 5) is 42.6. The summed E-state index contributed by atoms with van der Waals surface area (Å²) >= 11 is 13.1. The Morgan fingerprint density at radius 2 is 0.882 bits per heavy atom. The van der Waals surface area contributed by atoms with Crippen LogP contribution in [0.1, 0.15) is 89.4 Å². The molecule has 10 aromatic heterocycles. The molecule has 0 radical (unpaired) electrons. The molecular weight excluding hydrogens is 1220 g/mol. The average Bonchev–Trinajstić information content (AvgIpc) is 3.22. The van der Waals surface area contributed by atoms with E-state index in [1.54, 1.807) is 95.6 Å². The van der Waals surface area contributed by atoms with Crippen molar-refractivity contribution in [2.75, 3.05) is 66.1 Å². The number of halogens is 2. The van der Waals surface area contributed by atoms with Crippen LogP contribution in [-0.2, 0) is 0 Å². The van der Waals surface area contributed by atoms with Gasteiger partial charge in [0.2, 0.25) is 11.8 Å². The highest BCUT2D eigenvalue weighted by molar-refractivity contribution is 7.98. The molecule has 1 N–H and O–H groups in total. The Morgan fingerprint density at radius 3 is 1.27 bits per heavy atom. The second-order valence-corrected chi connectivity index (χ2v) is 22.5. The molecule has 93 heavy (non-hydrogen) atoms. The van der Waals surface area contributed by atoms with E-state index >= 15 is 0 Å². The van der Waals surface area contributed by atoms with Crippen LogP contribution in [0.25, 0.3) is 0 Å². The lowest BCUT2D eigenvalue weighted by molar-refractivity contribution is 0.376. The second-order valence-electron chi connectivity index (χ2n) is 20.9. The number of methoxy groups -OCH3 is 4. The van der Waals surface area contributed by atoms with Gasteiger partial charge in [0, 0.05) is 111 Å². The molecule has 0 aliphatic heterocycles. The van der Waals surface area contributed by atoms with E-state index in [1.165, 1.54) is 50.1 Å². The molecule has 0 aliphatic rings. The van der Waals surface area contributed by atoms with E-state index in [2.05, 4.69) is 109 Å². The molecule has 0 aliphatic carbocycles. The van der Waals surface area contributed by atoms with E-state index < -0.39 is 0 Å². The zero-order chi connectivity index (χ0) is 70.0. The van der Waals surface area contributed by atoms with Gasteiger partial charge in [-0.05, 0) is 239 Å². The monoisotopic (exact) mass is 1320 g/mol. The minimum absolute atomic E-state index is 0.568. The third-order valence-corrected chi connectivity index (χ3v) is 15.3. The first-order valence-corrected chi connectivity index (χ1v) is 31.7. The van der Waals surface area contributed by atoms with Gasteiger partial charge < -0.3 is 29.2 Å². The van der Waals surface area contributed by atoms with E-state index in [0.717, 1.165) is 78.4 Å². The van der Waals surface area contributed by atoms with Crippen LogP contribution in [-0.4, -0.2) is 106 Å². The molecule has 10 heterocycles. The number of hydrogen-bond acceptors (Lipinski definition) is 17. The molecule has 0 saturated carbocycles. The number of rotatable bonds is 7. The molecular formula is C74H98Cl2N12O4S. The van der Waals surface area contributed by atoms with Crippen LogP contribution in [0.4, 0.5) is 11.6 Å². The van der Waals surface area contributed by atoms with Crippen LogP contribution in [0.15, 0.2) is 158 Å². The summed E-state index contributed by atoms with van der Waals surface area (Å²) in [5, 5.41) is 5.47. The highest BCUT2D eigenvalue weighted by Crippen LogP contribution is 2.24. The minimum atomic E-state index is 0.568. The Balaban J connectivity index is 0.000000517. The Labute approximate surface area is 569 Å². The fourth-order valence-corrected chi connectivity index (χ4v) is 8.24. The quantitative estimate of drug-likeness (QED) is 0.117. The van der Waals surface area contributed by atoms with Crippen molar-refractivity contribution in [3.8, 4) is 23.3 Å². The van der Waals surface area contributed by atoms with Gasteiger partial charge in [-0.3, -0.25) is 19.9 Å². The molecule has 0 unspecified atom stereocenters. The zero-order valence-corrected chi connectivity index (χ0v) is 61.5. The van der Waals surface area contributed by atoms with Gasteiger partial charge in [-0.2, -0.15) is 0 Å². The van der Waals surface area contributed by atoms with Gasteiger partial charge >= 0.3 is 0 Å². The van der Waals surface area contributed by atoms with Crippen molar-refractivity contribution in [2.45, 2.75) is 116 Å². The van der Waals surface area contributed by atoms with Crippen molar-refractivity contribution in [2.24, 2.45) is 0 Å². The number of ether oxygens (including phenoxy) is 4. The van der Waals surface area contributed by atoms with Crippen LogP contribution < -0.4 is 29.2 Å². The lowest BCUT2D eigenvalue weighted by atomic mass is 10.1. The Hall–Kier alpha value is -8.77. The number of nitrogens with one attached hydrogen (secondary N) is 1. The SMILES string of the molecule is CNc1ncccc1C.COc1ccnc(OC)c1C.COc1cnccc1C.COc1nccc(C)c1C.CSc1ncccc1C.Cc1ccc(Cl)nc1C.Cc1cccnc1N(C)C.Cc1ccnc(C)c1C.Cc1ccncc1C.Cc1nccc(Cl)c1C. The number of pyridine rings is 10. The molecule has 10 aromatic rings. The molecule has 19 heteroatoms. The van der Waals surface area contributed by atoms with Crippen LogP contribution in [0.5, 0.6) is 23.3 Å². The first kappa shape index (κ1) is 82.2. The largest absolute Gasteiger partial charge is 0.496 e. The number of nitrogens with zero attached hydrogens (tertiary/aromatic N) is 11. The topological polar surface area (TPSA) is 181 Å². The Morgan fingerprint density at radius 1 is 0.387 bits per heavy atom. The number of thioether (sulfide) groups is 1. The van der Waals surface area contributed by atoms with Crippen LogP contribution in [0, 0.1) is 111 Å². The van der Waals surface area contributed by atoms with Crippen LogP contribution >= 0.6 is 35.0 Å². The number of aryl methyl sites for hydroxylation is 12. The first-order chi connectivity index (χ1) is 44.2. The Bertz CT molecular complexity index is 3510. The number of hydrogen-bond donors (Lipinski definition) is 1. The maximum atomic E-state index is 5.77. The zero-order valence-electron chi connectivity index (χ0n) is 59.2. The lowest BCUT2D eigenvalue weighted by Crippen LogP contribution is -2.11. The fourth-order valence-electron chi connectivity index (χ4n) is 7.30. The van der Waals surface area contributed by atoms with E-state index in [9.17, 15) is 0 Å². The fraction of sp³-hybridized carbons (Fsp3) is 0.324. The molecule has 0 bridgehead atoms. The van der Waals surface area contributed by atoms with E-state index in [-0.39, 0.29) is 0 Å². The maximum absolute atomic E-state index is 5.77. The van der Waals surface area contributed by atoms with Crippen molar-refractivity contribution in [3.63, 3.8) is 0 Å². The summed E-state index contributed by atoms with van der Waals surface area (Å²) in [5.41, 5.74) is 18.6. The molecule has 0 aromatic carbocycles. The maximum Gasteiger partial charge on any atom is 0.219 e. The summed E-state index contributed by atoms with van der Waals surface area (Å²) in [6.07, 6.45) is 21.5. The van der Waals surface area contributed by atoms with E-state index in [0.29, 0.717) is 11.0 Å². The van der Waals surface area contributed by atoms with Gasteiger partial charge in [0.1, 0.15) is 28.3 Å².